The van der Waals surface area contributed by atoms with E-state index in [9.17, 15) is 14.4 Å². The van der Waals surface area contributed by atoms with Gasteiger partial charge in [-0.15, -0.1) is 0 Å². The first-order valence-electron chi connectivity index (χ1n) is 13.5. The van der Waals surface area contributed by atoms with E-state index in [0.29, 0.717) is 33.1 Å². The molecule has 0 unspecified atom stereocenters. The van der Waals surface area contributed by atoms with Crippen molar-refractivity contribution in [2.24, 2.45) is 5.92 Å². The first-order chi connectivity index (χ1) is 20.3. The predicted molar refractivity (Wildman–Crippen MR) is 167 cm³/mol. The van der Waals surface area contributed by atoms with Crippen molar-refractivity contribution < 1.29 is 19.1 Å². The summed E-state index contributed by atoms with van der Waals surface area (Å²) in [6.07, 6.45) is 3.86. The molecule has 1 saturated heterocycles. The number of methoxy groups -OCH3 is 1. The quantitative estimate of drug-likeness (QED) is 0.239. The number of ketones is 2. The van der Waals surface area contributed by atoms with Gasteiger partial charge >= 0.3 is 0 Å². The molecule has 42 heavy (non-hydrogen) atoms. The smallest absolute Gasteiger partial charge is 0.238 e. The minimum absolute atomic E-state index is 0.246. The maximum atomic E-state index is 14.8. The van der Waals surface area contributed by atoms with E-state index in [1.165, 1.54) is 0 Å². The molecular formula is C34H24BrClN2O4. The Balaban J connectivity index is 1.52. The van der Waals surface area contributed by atoms with Gasteiger partial charge in [0.25, 0.3) is 0 Å². The van der Waals surface area contributed by atoms with Crippen molar-refractivity contribution in [1.82, 2.24) is 0 Å². The second-order valence-electron chi connectivity index (χ2n) is 10.7. The van der Waals surface area contributed by atoms with Gasteiger partial charge in [-0.1, -0.05) is 70.0 Å². The Morgan fingerprint density at radius 3 is 2.36 bits per heavy atom. The van der Waals surface area contributed by atoms with E-state index >= 15 is 0 Å². The number of nitrogens with zero attached hydrogens (tertiary/aromatic N) is 1. The fourth-order valence-corrected chi connectivity index (χ4v) is 7.31. The molecule has 0 saturated carbocycles. The first-order valence-corrected chi connectivity index (χ1v) is 14.7. The molecular weight excluding hydrogens is 616 g/mol. The number of fused-ring (bicyclic) bond motifs is 6. The summed E-state index contributed by atoms with van der Waals surface area (Å²) < 4.78 is 6.15. The third kappa shape index (κ3) is 3.80. The fourth-order valence-electron chi connectivity index (χ4n) is 6.87. The van der Waals surface area contributed by atoms with Crippen molar-refractivity contribution in [2.45, 2.75) is 17.5 Å². The van der Waals surface area contributed by atoms with Gasteiger partial charge in [0.05, 0.1) is 19.1 Å². The Morgan fingerprint density at radius 1 is 0.929 bits per heavy atom. The number of hydrogen-bond acceptors (Lipinski definition) is 5. The standard InChI is InChI=1S/C34H24BrClN2O4/c1-42-24-14-8-19(9-15-24)31(39)29-30(32(40)20-6-11-22(35)12-7-20)38-27-16-13-23(36)18-21(27)10-17-28(38)34(29)25-4-2-3-5-26(25)37-33(34)41/h2-18,28-30H,1H3,(H,37,41)/t28-,29-,30+,34-/m0/s1. The van der Waals surface area contributed by atoms with Crippen molar-refractivity contribution >= 4 is 62.5 Å². The van der Waals surface area contributed by atoms with Gasteiger partial charge in [0.1, 0.15) is 17.2 Å². The lowest BCUT2D eigenvalue weighted by atomic mass is 9.64. The predicted octanol–water partition coefficient (Wildman–Crippen LogP) is 6.97. The van der Waals surface area contributed by atoms with Crippen LogP contribution in [-0.2, 0) is 10.2 Å². The van der Waals surface area contributed by atoms with Crippen LogP contribution in [0, 0.1) is 5.92 Å². The van der Waals surface area contributed by atoms with Crippen LogP contribution in [-0.4, -0.2) is 36.7 Å². The van der Waals surface area contributed by atoms with E-state index in [2.05, 4.69) is 21.2 Å². The van der Waals surface area contributed by atoms with Crippen molar-refractivity contribution in [2.75, 3.05) is 17.3 Å². The number of amides is 1. The molecule has 1 N–H and O–H groups in total. The number of ether oxygens (including phenoxy) is 1. The number of benzene rings is 4. The van der Waals surface area contributed by atoms with Crippen molar-refractivity contribution in [3.05, 3.63) is 129 Å². The minimum Gasteiger partial charge on any atom is -0.497 e. The molecule has 0 radical (unpaired) electrons. The molecule has 6 nitrogen and oxygen atoms in total. The van der Waals surface area contributed by atoms with Crippen molar-refractivity contribution in [1.29, 1.82) is 0 Å². The largest absolute Gasteiger partial charge is 0.497 e. The number of hydrogen-bond donors (Lipinski definition) is 1. The van der Waals surface area contributed by atoms with Crippen molar-refractivity contribution in [3.63, 3.8) is 0 Å². The molecule has 1 spiro atoms. The van der Waals surface area contributed by atoms with Crippen LogP contribution < -0.4 is 15.0 Å². The fraction of sp³-hybridized carbons (Fsp3) is 0.147. The van der Waals surface area contributed by atoms with Crippen LogP contribution in [0.3, 0.4) is 0 Å². The Kier molecular flexibility index (Phi) is 6.33. The third-order valence-corrected chi connectivity index (χ3v) is 9.41. The van der Waals surface area contributed by atoms with Crippen molar-refractivity contribution in [3.8, 4) is 5.75 Å². The van der Waals surface area contributed by atoms with Gasteiger partial charge in [-0.05, 0) is 71.8 Å². The molecule has 208 valence electrons. The Morgan fingerprint density at radius 2 is 1.62 bits per heavy atom. The van der Waals surface area contributed by atoms with Gasteiger partial charge in [-0.3, -0.25) is 14.4 Å². The molecule has 1 fully saturated rings. The molecule has 3 aliphatic heterocycles. The maximum Gasteiger partial charge on any atom is 0.238 e. The van der Waals surface area contributed by atoms with Crippen LogP contribution >= 0.6 is 27.5 Å². The Bertz CT molecular complexity index is 1800. The summed E-state index contributed by atoms with van der Waals surface area (Å²) >= 11 is 9.82. The van der Waals surface area contributed by atoms with Crippen LogP contribution in [0.15, 0.2) is 102 Å². The Labute approximate surface area is 256 Å². The molecule has 4 aromatic carbocycles. The summed E-state index contributed by atoms with van der Waals surface area (Å²) in [6.45, 7) is 0. The minimum atomic E-state index is -1.38. The van der Waals surface area contributed by atoms with Gasteiger partial charge < -0.3 is 15.0 Å². The number of carbonyl (C=O) groups excluding carboxylic acids is 3. The summed E-state index contributed by atoms with van der Waals surface area (Å²) in [4.78, 5) is 45.9. The van der Waals surface area contributed by atoms with Crippen LogP contribution in [0.2, 0.25) is 5.02 Å². The summed E-state index contributed by atoms with van der Waals surface area (Å²) in [7, 11) is 1.56. The SMILES string of the molecule is COc1ccc(C(=O)[C@@H]2[C@H](C(=O)c3ccc(Br)cc3)N3c4ccc(Cl)cc4C=C[C@H]3[C@]23C(=O)Nc2ccccc23)cc1. The van der Waals surface area contributed by atoms with Gasteiger partial charge in [-0.2, -0.15) is 0 Å². The van der Waals surface area contributed by atoms with E-state index in [1.807, 2.05) is 53.5 Å². The number of Topliss-reactive ketones (excluding diaryl/α,β-unsaturated/α-hetero) is 2. The number of carbonyl (C=O) groups is 3. The lowest BCUT2D eigenvalue weighted by Crippen LogP contribution is -2.51. The second-order valence-corrected chi connectivity index (χ2v) is 12.0. The van der Waals surface area contributed by atoms with Crippen LogP contribution in [0.4, 0.5) is 11.4 Å². The molecule has 0 bridgehead atoms. The zero-order chi connectivity index (χ0) is 29.2. The lowest BCUT2D eigenvalue weighted by molar-refractivity contribution is -0.121. The molecule has 7 rings (SSSR count). The van der Waals surface area contributed by atoms with E-state index in [1.54, 1.807) is 61.7 Å². The van der Waals surface area contributed by atoms with Crippen LogP contribution in [0.25, 0.3) is 6.08 Å². The van der Waals surface area contributed by atoms with Gasteiger partial charge in [0.15, 0.2) is 11.6 Å². The van der Waals surface area contributed by atoms with Gasteiger partial charge in [-0.25, -0.2) is 0 Å². The number of halogens is 2. The first kappa shape index (κ1) is 26.7. The molecule has 0 aliphatic carbocycles. The summed E-state index contributed by atoms with van der Waals surface area (Å²) in [6, 6.07) is 25.2. The van der Waals surface area contributed by atoms with E-state index in [-0.39, 0.29) is 17.5 Å². The highest BCUT2D eigenvalue weighted by atomic mass is 79.9. The summed E-state index contributed by atoms with van der Waals surface area (Å²) in [5, 5.41) is 3.60. The zero-order valence-corrected chi connectivity index (χ0v) is 24.7. The van der Waals surface area contributed by atoms with Gasteiger partial charge in [0, 0.05) is 32.0 Å². The summed E-state index contributed by atoms with van der Waals surface area (Å²) in [5.41, 5.74) is 2.36. The molecule has 4 atom stereocenters. The van der Waals surface area contributed by atoms with E-state index in [4.69, 9.17) is 16.3 Å². The molecule has 4 aromatic rings. The van der Waals surface area contributed by atoms with Crippen LogP contribution in [0.5, 0.6) is 5.75 Å². The number of anilines is 2. The zero-order valence-electron chi connectivity index (χ0n) is 22.4. The normalized spacial score (nSPS) is 23.3. The van der Waals surface area contributed by atoms with E-state index < -0.39 is 23.4 Å². The highest BCUT2D eigenvalue weighted by Gasteiger charge is 2.70. The average molecular weight is 640 g/mol. The summed E-state index contributed by atoms with van der Waals surface area (Å²) in [5.74, 6) is -1.30. The lowest BCUT2D eigenvalue weighted by Gasteiger charge is -2.37. The molecule has 0 aromatic heterocycles. The number of nitrogens with one attached hydrogen (secondary N) is 1. The molecule has 3 aliphatic rings. The number of rotatable bonds is 5. The third-order valence-electron chi connectivity index (χ3n) is 8.65. The highest BCUT2D eigenvalue weighted by molar-refractivity contribution is 9.10. The molecule has 1 amide bonds. The van der Waals surface area contributed by atoms with E-state index in [0.717, 1.165) is 15.7 Å². The van der Waals surface area contributed by atoms with Crippen LogP contribution in [0.1, 0.15) is 31.8 Å². The highest BCUT2D eigenvalue weighted by Crippen LogP contribution is 2.58. The monoisotopic (exact) mass is 638 g/mol. The molecule has 3 heterocycles. The van der Waals surface area contributed by atoms with Gasteiger partial charge in [0.2, 0.25) is 5.91 Å². The number of para-hydroxylation sites is 1. The average Bonchev–Trinajstić information content (AvgIpc) is 3.49. The maximum absolute atomic E-state index is 14.8. The Hall–Kier alpha value is -4.20. The molecule has 8 heteroatoms. The topological polar surface area (TPSA) is 75.7 Å². The second kappa shape index (κ2) is 9.96.